The normalized spacial score (nSPS) is 11.1. The van der Waals surface area contributed by atoms with Gasteiger partial charge in [-0.05, 0) is 30.2 Å². The zero-order chi connectivity index (χ0) is 12.8. The highest BCUT2D eigenvalue weighted by Gasteiger charge is 1.99. The highest BCUT2D eigenvalue weighted by Crippen LogP contribution is 2.09. The minimum absolute atomic E-state index is 0.112. The van der Waals surface area contributed by atoms with Crippen LogP contribution in [0.4, 0.5) is 0 Å². The van der Waals surface area contributed by atoms with Gasteiger partial charge in [-0.3, -0.25) is 4.79 Å². The van der Waals surface area contributed by atoms with Crippen molar-refractivity contribution < 1.29 is 14.7 Å². The molecule has 0 aliphatic rings. The van der Waals surface area contributed by atoms with Gasteiger partial charge in [-0.2, -0.15) is 0 Å². The first kappa shape index (κ1) is 13.3. The van der Waals surface area contributed by atoms with Crippen molar-refractivity contribution in [1.29, 1.82) is 0 Å². The minimum Gasteiger partial charge on any atom is -0.545 e. The van der Waals surface area contributed by atoms with Crippen LogP contribution in [0.25, 0.3) is 0 Å². The lowest BCUT2D eigenvalue weighted by molar-refractivity contribution is -0.299. The van der Waals surface area contributed by atoms with Gasteiger partial charge in [-0.1, -0.05) is 23.7 Å². The van der Waals surface area contributed by atoms with Gasteiger partial charge in [-0.15, -0.1) is 0 Å². The van der Waals surface area contributed by atoms with E-state index in [2.05, 4.69) is 5.32 Å². The molecule has 0 radical (unpaired) electrons. The van der Waals surface area contributed by atoms with Crippen molar-refractivity contribution in [3.05, 3.63) is 46.5 Å². The van der Waals surface area contributed by atoms with E-state index in [4.69, 9.17) is 11.6 Å². The van der Waals surface area contributed by atoms with Crippen LogP contribution >= 0.6 is 11.6 Å². The molecule has 0 spiro atoms. The number of hydrogen-bond acceptors (Lipinski definition) is 3. The van der Waals surface area contributed by atoms with Gasteiger partial charge in [0.15, 0.2) is 0 Å². The van der Waals surface area contributed by atoms with E-state index in [-0.39, 0.29) is 5.57 Å². The van der Waals surface area contributed by atoms with Crippen LogP contribution in [0.5, 0.6) is 0 Å². The van der Waals surface area contributed by atoms with Gasteiger partial charge in [0.25, 0.3) is 0 Å². The maximum absolute atomic E-state index is 11.3. The first-order chi connectivity index (χ1) is 7.99. The Morgan fingerprint density at radius 2 is 1.94 bits per heavy atom. The van der Waals surface area contributed by atoms with Crippen LogP contribution in [-0.2, 0) is 16.1 Å². The lowest BCUT2D eigenvalue weighted by Crippen LogP contribution is -2.26. The van der Waals surface area contributed by atoms with Crippen molar-refractivity contribution in [2.45, 2.75) is 13.5 Å². The van der Waals surface area contributed by atoms with Gasteiger partial charge in [0.1, 0.15) is 0 Å². The van der Waals surface area contributed by atoms with Crippen LogP contribution in [-0.4, -0.2) is 11.9 Å². The molecule has 1 aromatic rings. The molecular formula is C12H11ClNO3-. The number of amides is 1. The monoisotopic (exact) mass is 252 g/mol. The zero-order valence-corrected chi connectivity index (χ0v) is 9.95. The highest BCUT2D eigenvalue weighted by atomic mass is 35.5. The number of benzene rings is 1. The number of hydrogen-bond donors (Lipinski definition) is 1. The molecule has 4 nitrogen and oxygen atoms in total. The van der Waals surface area contributed by atoms with Crippen LogP contribution in [0.3, 0.4) is 0 Å². The highest BCUT2D eigenvalue weighted by molar-refractivity contribution is 6.30. The van der Waals surface area contributed by atoms with Crippen molar-refractivity contribution in [3.63, 3.8) is 0 Å². The third kappa shape index (κ3) is 4.70. The SMILES string of the molecule is C/C(=C/C(=O)NCc1ccc(Cl)cc1)C(=O)[O-]. The standard InChI is InChI=1S/C12H12ClNO3/c1-8(12(16)17)6-11(15)14-7-9-2-4-10(13)5-3-9/h2-6H,7H2,1H3,(H,14,15)(H,16,17)/p-1/b8-6-. The molecule has 5 heteroatoms. The Labute approximate surface area is 104 Å². The molecule has 0 heterocycles. The van der Waals surface area contributed by atoms with E-state index in [0.29, 0.717) is 11.6 Å². The number of nitrogens with one attached hydrogen (secondary N) is 1. The number of carboxylic acid groups (broad SMARTS) is 1. The summed E-state index contributed by atoms with van der Waals surface area (Å²) in [7, 11) is 0. The number of carbonyl (C=O) groups is 2. The smallest absolute Gasteiger partial charge is 0.244 e. The molecule has 0 aliphatic carbocycles. The van der Waals surface area contributed by atoms with Gasteiger partial charge in [0, 0.05) is 17.6 Å². The molecule has 0 fully saturated rings. The average Bonchev–Trinajstić information content (AvgIpc) is 2.28. The molecule has 0 atom stereocenters. The number of carboxylic acids is 1. The lowest BCUT2D eigenvalue weighted by Gasteiger charge is -2.04. The fourth-order valence-electron chi connectivity index (χ4n) is 1.10. The van der Waals surface area contributed by atoms with Gasteiger partial charge in [0.05, 0.1) is 5.97 Å². The summed E-state index contributed by atoms with van der Waals surface area (Å²) < 4.78 is 0. The summed E-state index contributed by atoms with van der Waals surface area (Å²) in [6.07, 6.45) is 0.991. The van der Waals surface area contributed by atoms with E-state index >= 15 is 0 Å². The summed E-state index contributed by atoms with van der Waals surface area (Å²) in [6.45, 7) is 1.62. The van der Waals surface area contributed by atoms with E-state index in [1.807, 2.05) is 0 Å². The maximum atomic E-state index is 11.3. The molecule has 0 bridgehead atoms. The van der Waals surface area contributed by atoms with Crippen molar-refractivity contribution in [2.75, 3.05) is 0 Å². The number of carbonyl (C=O) groups excluding carboxylic acids is 2. The van der Waals surface area contributed by atoms with Gasteiger partial charge < -0.3 is 15.2 Å². The first-order valence-electron chi connectivity index (χ1n) is 4.91. The van der Waals surface area contributed by atoms with Crippen molar-refractivity contribution in [1.82, 2.24) is 5.32 Å². The molecule has 0 aliphatic heterocycles. The minimum atomic E-state index is -1.35. The van der Waals surface area contributed by atoms with E-state index in [1.54, 1.807) is 24.3 Å². The van der Waals surface area contributed by atoms with Crippen LogP contribution in [0.1, 0.15) is 12.5 Å². The Balaban J connectivity index is 2.51. The van der Waals surface area contributed by atoms with Crippen LogP contribution in [0.2, 0.25) is 5.02 Å². The molecule has 0 saturated carbocycles. The third-order valence-electron chi connectivity index (χ3n) is 2.05. The predicted molar refractivity (Wildman–Crippen MR) is 62.1 cm³/mol. The molecule has 0 unspecified atom stereocenters. The maximum Gasteiger partial charge on any atom is 0.244 e. The van der Waals surface area contributed by atoms with Crippen molar-refractivity contribution in [3.8, 4) is 0 Å². The third-order valence-corrected chi connectivity index (χ3v) is 2.30. The second kappa shape index (κ2) is 6.06. The summed E-state index contributed by atoms with van der Waals surface area (Å²) in [5.41, 5.74) is 0.765. The summed E-state index contributed by atoms with van der Waals surface area (Å²) in [4.78, 5) is 21.7. The van der Waals surface area contributed by atoms with Gasteiger partial charge in [-0.25, -0.2) is 0 Å². The van der Waals surface area contributed by atoms with Crippen LogP contribution in [0, 0.1) is 0 Å². The molecule has 0 saturated heterocycles. The summed E-state index contributed by atoms with van der Waals surface area (Å²) in [5, 5.41) is 13.5. The second-order valence-electron chi connectivity index (χ2n) is 3.46. The predicted octanol–water partition coefficient (Wildman–Crippen LogP) is 0.652. The van der Waals surface area contributed by atoms with E-state index in [0.717, 1.165) is 11.6 Å². The number of rotatable bonds is 4. The largest absolute Gasteiger partial charge is 0.545 e. The molecule has 0 aromatic heterocycles. The van der Waals surface area contributed by atoms with E-state index < -0.39 is 11.9 Å². The van der Waals surface area contributed by atoms with E-state index in [9.17, 15) is 14.7 Å². The molecule has 90 valence electrons. The summed E-state index contributed by atoms with van der Waals surface area (Å²) in [6, 6.07) is 6.98. The molecular weight excluding hydrogens is 242 g/mol. The van der Waals surface area contributed by atoms with Gasteiger partial charge in [0.2, 0.25) is 5.91 Å². The Bertz CT molecular complexity index is 451. The van der Waals surface area contributed by atoms with Crippen molar-refractivity contribution in [2.24, 2.45) is 0 Å². The Morgan fingerprint density at radius 1 is 1.35 bits per heavy atom. The van der Waals surface area contributed by atoms with Crippen molar-refractivity contribution >= 4 is 23.5 Å². The zero-order valence-electron chi connectivity index (χ0n) is 9.20. The van der Waals surface area contributed by atoms with Crippen LogP contribution < -0.4 is 10.4 Å². The summed E-state index contributed by atoms with van der Waals surface area (Å²) >= 11 is 5.71. The first-order valence-corrected chi connectivity index (χ1v) is 5.29. The fraction of sp³-hybridized carbons (Fsp3) is 0.167. The molecule has 17 heavy (non-hydrogen) atoms. The quantitative estimate of drug-likeness (QED) is 0.800. The number of halogens is 1. The summed E-state index contributed by atoms with van der Waals surface area (Å²) in [5.74, 6) is -1.83. The molecule has 1 aromatic carbocycles. The van der Waals surface area contributed by atoms with E-state index in [1.165, 1.54) is 6.92 Å². The van der Waals surface area contributed by atoms with Crippen LogP contribution in [0.15, 0.2) is 35.9 Å². The molecule has 1 amide bonds. The van der Waals surface area contributed by atoms with Gasteiger partial charge >= 0.3 is 0 Å². The Kier molecular flexibility index (Phi) is 4.72. The molecule has 1 N–H and O–H groups in total. The fourth-order valence-corrected chi connectivity index (χ4v) is 1.22. The lowest BCUT2D eigenvalue weighted by atomic mass is 10.2. The molecule has 1 rings (SSSR count). The second-order valence-corrected chi connectivity index (χ2v) is 3.90. The average molecular weight is 253 g/mol. The Hall–Kier alpha value is -1.81. The Morgan fingerprint density at radius 3 is 2.47 bits per heavy atom. The topological polar surface area (TPSA) is 69.2 Å². The number of aliphatic carboxylic acids is 1.